The van der Waals surface area contributed by atoms with Gasteiger partial charge in [0.15, 0.2) is 0 Å². The molecule has 1 aromatic carbocycles. The predicted octanol–water partition coefficient (Wildman–Crippen LogP) is 3.36. The molecular formula is C19H25N3O6S2. The van der Waals surface area contributed by atoms with Crippen molar-refractivity contribution in [1.29, 1.82) is 0 Å². The van der Waals surface area contributed by atoms with Crippen molar-refractivity contribution >= 4 is 44.7 Å². The molecule has 11 heteroatoms. The van der Waals surface area contributed by atoms with Crippen LogP contribution in [0.15, 0.2) is 39.9 Å². The van der Waals surface area contributed by atoms with Crippen LogP contribution in [0.25, 0.3) is 0 Å². The summed E-state index contributed by atoms with van der Waals surface area (Å²) in [5.74, 6) is -0.165. The second-order valence-corrected chi connectivity index (χ2v) is 10.5. The standard InChI is InChI=1S/C19H25N3O6S2/c1-19(2,3)28-18(24)21-14-11-13(8-9-15(14)27-5)20-16(23)12-22(4)30(25,26)17-7-6-10-29-17/h6-11H,12H2,1-5H3,(H,20,23)(H,21,24). The Bertz CT molecular complexity index is 998. The van der Waals surface area contributed by atoms with E-state index in [1.807, 2.05) is 0 Å². The normalized spacial score (nSPS) is 11.8. The van der Waals surface area contributed by atoms with Crippen LogP contribution in [0.5, 0.6) is 5.75 Å². The summed E-state index contributed by atoms with van der Waals surface area (Å²) in [5.41, 5.74) is -0.0280. The second-order valence-electron chi connectivity index (χ2n) is 7.28. The predicted molar refractivity (Wildman–Crippen MR) is 116 cm³/mol. The Morgan fingerprint density at radius 2 is 1.87 bits per heavy atom. The van der Waals surface area contributed by atoms with Gasteiger partial charge in [0, 0.05) is 12.7 Å². The second kappa shape index (κ2) is 9.45. The fourth-order valence-corrected chi connectivity index (χ4v) is 4.68. The lowest BCUT2D eigenvalue weighted by Crippen LogP contribution is -2.34. The number of rotatable bonds is 7. The molecule has 9 nitrogen and oxygen atoms in total. The van der Waals surface area contributed by atoms with Gasteiger partial charge in [-0.05, 0) is 50.4 Å². The number of thiophene rings is 1. The molecule has 0 aliphatic rings. The maximum atomic E-state index is 12.4. The first-order valence-electron chi connectivity index (χ1n) is 8.90. The summed E-state index contributed by atoms with van der Waals surface area (Å²) in [6.07, 6.45) is -0.675. The molecule has 0 unspecified atom stereocenters. The number of sulfonamides is 1. The van der Waals surface area contributed by atoms with E-state index in [2.05, 4.69) is 10.6 Å². The molecule has 2 N–H and O–H groups in total. The van der Waals surface area contributed by atoms with Crippen LogP contribution in [0, 0.1) is 0 Å². The first-order valence-corrected chi connectivity index (χ1v) is 11.2. The van der Waals surface area contributed by atoms with Gasteiger partial charge in [-0.3, -0.25) is 10.1 Å². The van der Waals surface area contributed by atoms with Crippen LogP contribution in [-0.4, -0.2) is 51.0 Å². The van der Waals surface area contributed by atoms with Gasteiger partial charge >= 0.3 is 6.09 Å². The fourth-order valence-electron chi connectivity index (χ4n) is 2.35. The lowest BCUT2D eigenvalue weighted by molar-refractivity contribution is -0.116. The summed E-state index contributed by atoms with van der Waals surface area (Å²) >= 11 is 1.08. The molecule has 2 rings (SSSR count). The van der Waals surface area contributed by atoms with E-state index in [1.165, 1.54) is 26.3 Å². The third kappa shape index (κ3) is 6.44. The Labute approximate surface area is 180 Å². The number of benzene rings is 1. The van der Waals surface area contributed by atoms with Crippen molar-refractivity contribution in [1.82, 2.24) is 4.31 Å². The zero-order valence-corrected chi connectivity index (χ0v) is 19.0. The van der Waals surface area contributed by atoms with Crippen molar-refractivity contribution in [2.45, 2.75) is 30.6 Å². The van der Waals surface area contributed by atoms with E-state index in [9.17, 15) is 18.0 Å². The third-order valence-electron chi connectivity index (χ3n) is 3.64. The number of likely N-dealkylation sites (N-methyl/N-ethyl adjacent to an activating group) is 1. The van der Waals surface area contributed by atoms with Crippen LogP contribution in [-0.2, 0) is 19.6 Å². The van der Waals surface area contributed by atoms with Crippen molar-refractivity contribution in [3.63, 3.8) is 0 Å². The monoisotopic (exact) mass is 455 g/mol. The van der Waals surface area contributed by atoms with Crippen molar-refractivity contribution in [3.05, 3.63) is 35.7 Å². The van der Waals surface area contributed by atoms with Crippen molar-refractivity contribution < 1.29 is 27.5 Å². The quantitative estimate of drug-likeness (QED) is 0.662. The Hall–Kier alpha value is -2.63. The van der Waals surface area contributed by atoms with Crippen molar-refractivity contribution in [2.75, 3.05) is 31.3 Å². The van der Waals surface area contributed by atoms with Crippen LogP contribution >= 0.6 is 11.3 Å². The van der Waals surface area contributed by atoms with Gasteiger partial charge in [-0.1, -0.05) is 6.07 Å². The number of hydrogen-bond acceptors (Lipinski definition) is 7. The third-order valence-corrected chi connectivity index (χ3v) is 6.82. The molecule has 0 aliphatic carbocycles. The molecule has 164 valence electrons. The minimum absolute atomic E-state index is 0.158. The van der Waals surface area contributed by atoms with Gasteiger partial charge in [0.2, 0.25) is 5.91 Å². The molecule has 2 amide bonds. The summed E-state index contributed by atoms with van der Waals surface area (Å²) in [5, 5.41) is 6.84. The molecule has 0 fully saturated rings. The average molecular weight is 456 g/mol. The Balaban J connectivity index is 2.09. The first-order chi connectivity index (χ1) is 13.9. The molecule has 0 spiro atoms. The summed E-state index contributed by atoms with van der Waals surface area (Å²) in [4.78, 5) is 24.4. The van der Waals surface area contributed by atoms with Crippen molar-refractivity contribution in [3.8, 4) is 5.75 Å². The minimum Gasteiger partial charge on any atom is -0.495 e. The number of anilines is 2. The lowest BCUT2D eigenvalue weighted by Gasteiger charge is -2.20. The summed E-state index contributed by atoms with van der Waals surface area (Å²) < 4.78 is 36.4. The van der Waals surface area contributed by atoms with E-state index in [1.54, 1.807) is 44.4 Å². The van der Waals surface area contributed by atoms with E-state index in [0.717, 1.165) is 15.6 Å². The highest BCUT2D eigenvalue weighted by molar-refractivity contribution is 7.91. The van der Waals surface area contributed by atoms with Crippen molar-refractivity contribution in [2.24, 2.45) is 0 Å². The van der Waals surface area contributed by atoms with Crippen LogP contribution in [0.1, 0.15) is 20.8 Å². The topological polar surface area (TPSA) is 114 Å². The van der Waals surface area contributed by atoms with Gasteiger partial charge in [0.1, 0.15) is 15.6 Å². The van der Waals surface area contributed by atoms with Crippen LogP contribution in [0.4, 0.5) is 16.2 Å². The zero-order valence-electron chi connectivity index (χ0n) is 17.4. The smallest absolute Gasteiger partial charge is 0.412 e. The number of methoxy groups -OCH3 is 1. The highest BCUT2D eigenvalue weighted by atomic mass is 32.2. The number of nitrogens with zero attached hydrogens (tertiary/aromatic N) is 1. The minimum atomic E-state index is -3.74. The van der Waals surface area contributed by atoms with Gasteiger partial charge in [-0.25, -0.2) is 13.2 Å². The molecule has 2 aromatic rings. The average Bonchev–Trinajstić information content (AvgIpc) is 3.15. The Morgan fingerprint density at radius 3 is 2.43 bits per heavy atom. The van der Waals surface area contributed by atoms with Crippen LogP contribution in [0.2, 0.25) is 0 Å². The van der Waals surface area contributed by atoms with E-state index >= 15 is 0 Å². The Morgan fingerprint density at radius 1 is 1.17 bits per heavy atom. The molecule has 0 saturated carbocycles. The summed E-state index contributed by atoms with van der Waals surface area (Å²) in [7, 11) is -0.963. The molecule has 30 heavy (non-hydrogen) atoms. The number of carbonyl (C=O) groups excluding carboxylic acids is 2. The molecule has 0 atom stereocenters. The van der Waals surface area contributed by atoms with E-state index < -0.39 is 27.6 Å². The summed E-state index contributed by atoms with van der Waals surface area (Å²) in [6, 6.07) is 7.74. The van der Waals surface area contributed by atoms with E-state index in [0.29, 0.717) is 17.1 Å². The van der Waals surface area contributed by atoms with Crippen LogP contribution in [0.3, 0.4) is 0 Å². The first kappa shape index (κ1) is 23.6. The molecule has 0 saturated heterocycles. The summed E-state index contributed by atoms with van der Waals surface area (Å²) in [6.45, 7) is 4.84. The molecule has 1 heterocycles. The van der Waals surface area contributed by atoms with E-state index in [-0.39, 0.29) is 10.8 Å². The Kier molecular flexibility index (Phi) is 7.45. The van der Waals surface area contributed by atoms with E-state index in [4.69, 9.17) is 9.47 Å². The molecular weight excluding hydrogens is 430 g/mol. The number of hydrogen-bond donors (Lipinski definition) is 2. The number of amides is 2. The molecule has 1 aromatic heterocycles. The maximum absolute atomic E-state index is 12.4. The van der Waals surface area contributed by atoms with Gasteiger partial charge in [0.25, 0.3) is 10.0 Å². The largest absolute Gasteiger partial charge is 0.495 e. The zero-order chi connectivity index (χ0) is 22.5. The van der Waals surface area contributed by atoms with Gasteiger partial charge < -0.3 is 14.8 Å². The maximum Gasteiger partial charge on any atom is 0.412 e. The number of carbonyl (C=O) groups is 2. The van der Waals surface area contributed by atoms with Gasteiger partial charge in [0.05, 0.1) is 19.3 Å². The number of nitrogens with one attached hydrogen (secondary N) is 2. The molecule has 0 aliphatic heterocycles. The fraction of sp³-hybridized carbons (Fsp3) is 0.368. The molecule has 0 radical (unpaired) electrons. The van der Waals surface area contributed by atoms with Gasteiger partial charge in [-0.15, -0.1) is 11.3 Å². The lowest BCUT2D eigenvalue weighted by atomic mass is 10.2. The highest BCUT2D eigenvalue weighted by Gasteiger charge is 2.24. The highest BCUT2D eigenvalue weighted by Crippen LogP contribution is 2.28. The molecule has 0 bridgehead atoms. The number of ether oxygens (including phenoxy) is 2. The van der Waals surface area contributed by atoms with Crippen LogP contribution < -0.4 is 15.4 Å². The van der Waals surface area contributed by atoms with Gasteiger partial charge in [-0.2, -0.15) is 4.31 Å². The SMILES string of the molecule is COc1ccc(NC(=O)CN(C)S(=O)(=O)c2cccs2)cc1NC(=O)OC(C)(C)C.